The maximum absolute atomic E-state index is 13.4. The van der Waals surface area contributed by atoms with E-state index in [4.69, 9.17) is 4.74 Å². The number of halogens is 1. The number of methoxy groups -OCH3 is 1. The van der Waals surface area contributed by atoms with Crippen LogP contribution in [0, 0.1) is 5.82 Å². The van der Waals surface area contributed by atoms with Crippen molar-refractivity contribution in [1.29, 1.82) is 0 Å². The van der Waals surface area contributed by atoms with E-state index in [0.717, 1.165) is 16.5 Å². The molecule has 28 heavy (non-hydrogen) atoms. The predicted molar refractivity (Wildman–Crippen MR) is 104 cm³/mol. The van der Waals surface area contributed by atoms with Gasteiger partial charge in [0.1, 0.15) is 29.1 Å². The molecule has 0 aliphatic rings. The van der Waals surface area contributed by atoms with Gasteiger partial charge in [0.25, 0.3) is 5.91 Å². The normalized spacial score (nSPS) is 12.1. The highest BCUT2D eigenvalue weighted by Crippen LogP contribution is 2.24. The Morgan fingerprint density at radius 2 is 2.00 bits per heavy atom. The molecule has 4 rings (SSSR count). The fraction of sp³-hybridized carbons (Fsp3) is 0.143. The Kier molecular flexibility index (Phi) is 4.57. The Balaban J connectivity index is 1.67. The van der Waals surface area contributed by atoms with Crippen LogP contribution in [0.3, 0.4) is 0 Å². The van der Waals surface area contributed by atoms with Crippen molar-refractivity contribution < 1.29 is 13.9 Å². The fourth-order valence-corrected chi connectivity index (χ4v) is 3.17. The van der Waals surface area contributed by atoms with E-state index in [0.29, 0.717) is 17.3 Å². The lowest BCUT2D eigenvalue weighted by molar-refractivity contribution is 0.0937. The average Bonchev–Trinajstić information content (AvgIpc) is 3.32. The largest absolute Gasteiger partial charge is 0.497 e. The fourth-order valence-electron chi connectivity index (χ4n) is 3.17. The molecule has 0 radical (unpaired) electrons. The molecule has 0 aliphatic carbocycles. The summed E-state index contributed by atoms with van der Waals surface area (Å²) in [5, 5.41) is 3.90. The highest BCUT2D eigenvalue weighted by molar-refractivity contribution is 5.98. The maximum Gasteiger partial charge on any atom is 0.268 e. The number of nitrogens with one attached hydrogen (secondary N) is 2. The quantitative estimate of drug-likeness (QED) is 0.558. The summed E-state index contributed by atoms with van der Waals surface area (Å²) in [5.41, 5.74) is 1.96. The van der Waals surface area contributed by atoms with Crippen molar-refractivity contribution in [3.63, 3.8) is 0 Å². The maximum atomic E-state index is 13.4. The molecule has 2 aromatic heterocycles. The predicted octanol–water partition coefficient (Wildman–Crippen LogP) is 3.57. The standard InChI is InChI=1S/C21H19FN4O2/c1-26-10-9-23-20(26)19(13-3-6-15(22)7-4-13)25-21(27)18-11-14-5-8-16(28-2)12-17(14)24-18/h3-12,19,24H,1-2H3,(H,25,27)/t19-/m0/s1. The Bertz CT molecular complexity index is 1130. The van der Waals surface area contributed by atoms with Crippen molar-refractivity contribution in [1.82, 2.24) is 19.9 Å². The van der Waals surface area contributed by atoms with Gasteiger partial charge in [0.2, 0.25) is 0 Å². The van der Waals surface area contributed by atoms with Crippen molar-refractivity contribution >= 4 is 16.8 Å². The van der Waals surface area contributed by atoms with E-state index in [1.165, 1.54) is 12.1 Å². The summed E-state index contributed by atoms with van der Waals surface area (Å²) in [6, 6.07) is 12.8. The molecule has 0 spiro atoms. The molecule has 0 fully saturated rings. The summed E-state index contributed by atoms with van der Waals surface area (Å²) < 4.78 is 20.4. The highest BCUT2D eigenvalue weighted by Gasteiger charge is 2.22. The van der Waals surface area contributed by atoms with Gasteiger partial charge in [0.15, 0.2) is 0 Å². The zero-order valence-corrected chi connectivity index (χ0v) is 15.4. The number of amides is 1. The first kappa shape index (κ1) is 17.8. The molecule has 2 aromatic carbocycles. The molecule has 0 aliphatic heterocycles. The van der Waals surface area contributed by atoms with Crippen LogP contribution in [0.25, 0.3) is 10.9 Å². The Labute approximate surface area is 161 Å². The molecular formula is C21H19FN4O2. The second-order valence-corrected chi connectivity index (χ2v) is 6.49. The smallest absolute Gasteiger partial charge is 0.268 e. The molecule has 7 heteroatoms. The number of benzene rings is 2. The number of rotatable bonds is 5. The van der Waals surface area contributed by atoms with Gasteiger partial charge in [-0.05, 0) is 35.9 Å². The number of carbonyl (C=O) groups excluding carboxylic acids is 1. The molecule has 0 saturated carbocycles. The van der Waals surface area contributed by atoms with Crippen LogP contribution >= 0.6 is 0 Å². The van der Waals surface area contributed by atoms with E-state index in [1.807, 2.05) is 29.8 Å². The van der Waals surface area contributed by atoms with Gasteiger partial charge in [-0.1, -0.05) is 12.1 Å². The number of aromatic nitrogens is 3. The van der Waals surface area contributed by atoms with Crippen LogP contribution in [-0.4, -0.2) is 27.6 Å². The van der Waals surface area contributed by atoms with Crippen molar-refractivity contribution in [3.05, 3.63) is 83.8 Å². The number of hydrogen-bond donors (Lipinski definition) is 2. The van der Waals surface area contributed by atoms with E-state index in [1.54, 1.807) is 37.7 Å². The summed E-state index contributed by atoms with van der Waals surface area (Å²) in [6.07, 6.45) is 3.46. The van der Waals surface area contributed by atoms with E-state index in [2.05, 4.69) is 15.3 Å². The molecule has 0 unspecified atom stereocenters. The molecule has 1 atom stereocenters. The SMILES string of the molecule is COc1ccc2cc(C(=O)N[C@@H](c3ccc(F)cc3)c3nccn3C)[nH]c2c1. The summed E-state index contributed by atoms with van der Waals surface area (Å²) in [6.45, 7) is 0. The topological polar surface area (TPSA) is 71.9 Å². The molecule has 2 heterocycles. The molecule has 6 nitrogen and oxygen atoms in total. The molecule has 142 valence electrons. The first-order valence-corrected chi connectivity index (χ1v) is 8.75. The number of ether oxygens (including phenoxy) is 1. The molecule has 2 N–H and O–H groups in total. The van der Waals surface area contributed by atoms with E-state index >= 15 is 0 Å². The minimum Gasteiger partial charge on any atom is -0.497 e. The third-order valence-electron chi connectivity index (χ3n) is 4.67. The van der Waals surface area contributed by atoms with Gasteiger partial charge in [-0.15, -0.1) is 0 Å². The van der Waals surface area contributed by atoms with Crippen LogP contribution in [0.1, 0.15) is 27.9 Å². The summed E-state index contributed by atoms with van der Waals surface area (Å²) in [7, 11) is 3.44. The number of aryl methyl sites for hydroxylation is 1. The lowest BCUT2D eigenvalue weighted by atomic mass is 10.1. The van der Waals surface area contributed by atoms with Gasteiger partial charge in [0.05, 0.1) is 7.11 Å². The number of aromatic amines is 1. The van der Waals surface area contributed by atoms with Gasteiger partial charge in [-0.2, -0.15) is 0 Å². The molecule has 4 aromatic rings. The summed E-state index contributed by atoms with van der Waals surface area (Å²) >= 11 is 0. The van der Waals surface area contributed by atoms with Gasteiger partial charge in [0, 0.05) is 36.4 Å². The number of H-pyrrole nitrogens is 1. The third-order valence-corrected chi connectivity index (χ3v) is 4.67. The number of carbonyl (C=O) groups is 1. The summed E-state index contributed by atoms with van der Waals surface area (Å²) in [4.78, 5) is 20.4. The van der Waals surface area contributed by atoms with Crippen LogP contribution in [0.4, 0.5) is 4.39 Å². The van der Waals surface area contributed by atoms with Crippen molar-refractivity contribution in [2.75, 3.05) is 7.11 Å². The van der Waals surface area contributed by atoms with Gasteiger partial charge in [-0.3, -0.25) is 4.79 Å². The van der Waals surface area contributed by atoms with Crippen molar-refractivity contribution in [2.45, 2.75) is 6.04 Å². The van der Waals surface area contributed by atoms with Crippen molar-refractivity contribution in [2.24, 2.45) is 7.05 Å². The number of fused-ring (bicyclic) bond motifs is 1. The van der Waals surface area contributed by atoms with Gasteiger partial charge >= 0.3 is 0 Å². The minimum atomic E-state index is -0.519. The van der Waals surface area contributed by atoms with Crippen LogP contribution in [0.15, 0.2) is 60.9 Å². The molecule has 0 bridgehead atoms. The number of hydrogen-bond acceptors (Lipinski definition) is 3. The molecule has 1 amide bonds. The van der Waals surface area contributed by atoms with Crippen molar-refractivity contribution in [3.8, 4) is 5.75 Å². The second kappa shape index (κ2) is 7.19. The Hall–Kier alpha value is -3.61. The number of imidazole rings is 1. The van der Waals surface area contributed by atoms with E-state index in [-0.39, 0.29) is 11.7 Å². The lowest BCUT2D eigenvalue weighted by Crippen LogP contribution is -2.31. The van der Waals surface area contributed by atoms with Gasteiger partial charge < -0.3 is 19.6 Å². The first-order valence-electron chi connectivity index (χ1n) is 8.75. The first-order chi connectivity index (χ1) is 13.5. The average molecular weight is 378 g/mol. The molecular weight excluding hydrogens is 359 g/mol. The molecule has 0 saturated heterocycles. The minimum absolute atomic E-state index is 0.285. The third kappa shape index (κ3) is 3.34. The van der Waals surface area contributed by atoms with Crippen LogP contribution in [0.2, 0.25) is 0 Å². The summed E-state index contributed by atoms with van der Waals surface area (Å²) in [5.74, 6) is 0.738. The number of nitrogens with zero attached hydrogens (tertiary/aromatic N) is 2. The Morgan fingerprint density at radius 1 is 1.21 bits per heavy atom. The van der Waals surface area contributed by atoms with Crippen LogP contribution in [0.5, 0.6) is 5.75 Å². The van der Waals surface area contributed by atoms with Crippen LogP contribution in [-0.2, 0) is 7.05 Å². The Morgan fingerprint density at radius 3 is 2.68 bits per heavy atom. The second-order valence-electron chi connectivity index (χ2n) is 6.49. The highest BCUT2D eigenvalue weighted by atomic mass is 19.1. The van der Waals surface area contributed by atoms with E-state index < -0.39 is 6.04 Å². The lowest BCUT2D eigenvalue weighted by Gasteiger charge is -2.19. The van der Waals surface area contributed by atoms with Gasteiger partial charge in [-0.25, -0.2) is 9.37 Å². The van der Waals surface area contributed by atoms with E-state index in [9.17, 15) is 9.18 Å². The zero-order chi connectivity index (χ0) is 19.7. The van der Waals surface area contributed by atoms with Crippen LogP contribution < -0.4 is 10.1 Å². The monoisotopic (exact) mass is 378 g/mol. The zero-order valence-electron chi connectivity index (χ0n) is 15.4.